The van der Waals surface area contributed by atoms with Crippen LogP contribution in [0.15, 0.2) is 46.9 Å². The summed E-state index contributed by atoms with van der Waals surface area (Å²) in [4.78, 5) is 12.3. The fourth-order valence-electron chi connectivity index (χ4n) is 2.36. The Bertz CT molecular complexity index is 624. The minimum atomic E-state index is -0.452. The fourth-order valence-corrected chi connectivity index (χ4v) is 2.97. The van der Waals surface area contributed by atoms with Crippen LogP contribution in [0.5, 0.6) is 5.75 Å². The van der Waals surface area contributed by atoms with Gasteiger partial charge in [0.1, 0.15) is 5.75 Å². The van der Waals surface area contributed by atoms with Crippen molar-refractivity contribution in [2.75, 3.05) is 5.32 Å². The number of aryl methyl sites for hydroxylation is 1. The summed E-state index contributed by atoms with van der Waals surface area (Å²) in [6.07, 6.45) is 0.168. The third kappa shape index (κ3) is 2.70. The van der Waals surface area contributed by atoms with E-state index in [9.17, 15) is 4.79 Å². The van der Waals surface area contributed by atoms with Gasteiger partial charge in [0.15, 0.2) is 6.10 Å². The quantitative estimate of drug-likeness (QED) is 0.911. The lowest BCUT2D eigenvalue weighted by atomic mass is 10.1. The van der Waals surface area contributed by atoms with Crippen LogP contribution in [0.4, 0.5) is 5.69 Å². The largest absolute Gasteiger partial charge is 0.480 e. The van der Waals surface area contributed by atoms with Gasteiger partial charge in [-0.1, -0.05) is 34.1 Å². The molecule has 1 heterocycles. The summed E-state index contributed by atoms with van der Waals surface area (Å²) < 4.78 is 6.63. The average Bonchev–Trinajstić information content (AvgIpc) is 2.81. The zero-order chi connectivity index (χ0) is 14.1. The number of carbonyl (C=O) groups excluding carboxylic acids is 1. The number of amides is 1. The summed E-state index contributed by atoms with van der Waals surface area (Å²) in [5, 5.41) is 2.91. The molecule has 0 radical (unpaired) electrons. The van der Waals surface area contributed by atoms with Gasteiger partial charge in [-0.15, -0.1) is 0 Å². The average molecular weight is 332 g/mol. The lowest BCUT2D eigenvalue weighted by Gasteiger charge is -2.12. The molecule has 0 spiro atoms. The molecule has 1 amide bonds. The Morgan fingerprint density at radius 1 is 1.30 bits per heavy atom. The Labute approximate surface area is 126 Å². The van der Waals surface area contributed by atoms with Gasteiger partial charge in [0.2, 0.25) is 0 Å². The van der Waals surface area contributed by atoms with E-state index < -0.39 is 6.10 Å². The molecule has 4 heteroatoms. The Hall–Kier alpha value is -1.81. The highest BCUT2D eigenvalue weighted by atomic mass is 79.9. The molecule has 0 saturated carbocycles. The van der Waals surface area contributed by atoms with E-state index in [0.29, 0.717) is 6.42 Å². The lowest BCUT2D eigenvalue weighted by molar-refractivity contribution is -0.122. The van der Waals surface area contributed by atoms with E-state index in [2.05, 4.69) is 21.2 Å². The highest BCUT2D eigenvalue weighted by Gasteiger charge is 2.28. The van der Waals surface area contributed by atoms with Crippen LogP contribution in [-0.2, 0) is 11.2 Å². The van der Waals surface area contributed by atoms with Crippen LogP contribution in [0.25, 0.3) is 0 Å². The third-order valence-corrected chi connectivity index (χ3v) is 3.71. The maximum Gasteiger partial charge on any atom is 0.265 e. The summed E-state index contributed by atoms with van der Waals surface area (Å²) in [7, 11) is 0. The number of rotatable bonds is 2. The second-order valence-electron chi connectivity index (χ2n) is 4.92. The minimum absolute atomic E-state index is 0.112. The molecule has 3 nitrogen and oxygen atoms in total. The summed E-state index contributed by atoms with van der Waals surface area (Å²) in [5.74, 6) is 0.691. The number of benzene rings is 2. The second kappa shape index (κ2) is 5.29. The molecule has 3 rings (SSSR count). The lowest BCUT2D eigenvalue weighted by Crippen LogP contribution is -2.31. The molecule has 1 aliphatic heterocycles. The molecule has 0 fully saturated rings. The number of fused-ring (bicyclic) bond motifs is 1. The van der Waals surface area contributed by atoms with Crippen molar-refractivity contribution < 1.29 is 9.53 Å². The number of ether oxygens (including phenoxy) is 1. The van der Waals surface area contributed by atoms with Crippen LogP contribution >= 0.6 is 15.9 Å². The van der Waals surface area contributed by atoms with E-state index in [1.165, 1.54) is 0 Å². The first-order valence-corrected chi connectivity index (χ1v) is 7.24. The van der Waals surface area contributed by atoms with Crippen LogP contribution < -0.4 is 10.1 Å². The number of carbonyl (C=O) groups is 1. The highest BCUT2D eigenvalue weighted by Crippen LogP contribution is 2.29. The van der Waals surface area contributed by atoms with Crippen LogP contribution in [0.3, 0.4) is 0 Å². The van der Waals surface area contributed by atoms with E-state index >= 15 is 0 Å². The van der Waals surface area contributed by atoms with Crippen LogP contribution in [0, 0.1) is 6.92 Å². The molecule has 0 aliphatic carbocycles. The Balaban J connectivity index is 1.72. The standard InChI is InChI=1S/C16H14BrNO2/c1-10-6-12(17)9-13(7-10)18-16(19)15-8-11-4-2-3-5-14(11)20-15/h2-7,9,15H,8H2,1H3,(H,18,19). The first-order chi connectivity index (χ1) is 9.61. The van der Waals surface area contributed by atoms with Gasteiger partial charge in [-0.25, -0.2) is 0 Å². The van der Waals surface area contributed by atoms with Crippen molar-refractivity contribution in [1.82, 2.24) is 0 Å². The van der Waals surface area contributed by atoms with Crippen LogP contribution in [0.1, 0.15) is 11.1 Å². The number of anilines is 1. The van der Waals surface area contributed by atoms with Crippen molar-refractivity contribution in [3.05, 3.63) is 58.1 Å². The molecule has 1 N–H and O–H groups in total. The molecule has 1 atom stereocenters. The van der Waals surface area contributed by atoms with E-state index in [0.717, 1.165) is 27.0 Å². The molecule has 2 aromatic rings. The molecule has 0 saturated heterocycles. The SMILES string of the molecule is Cc1cc(Br)cc(NC(=O)C2Cc3ccccc3O2)c1. The number of hydrogen-bond donors (Lipinski definition) is 1. The Morgan fingerprint density at radius 2 is 2.10 bits per heavy atom. The normalized spacial score (nSPS) is 16.4. The van der Waals surface area contributed by atoms with Gasteiger partial charge in [-0.05, 0) is 42.3 Å². The van der Waals surface area contributed by atoms with Gasteiger partial charge in [0.25, 0.3) is 5.91 Å². The van der Waals surface area contributed by atoms with Crippen molar-refractivity contribution in [2.24, 2.45) is 0 Å². The first kappa shape index (κ1) is 13.2. The number of nitrogens with one attached hydrogen (secondary N) is 1. The minimum Gasteiger partial charge on any atom is -0.480 e. The molecule has 1 aliphatic rings. The van der Waals surface area contributed by atoms with Crippen molar-refractivity contribution in [3.63, 3.8) is 0 Å². The monoisotopic (exact) mass is 331 g/mol. The van der Waals surface area contributed by atoms with Gasteiger partial charge in [0, 0.05) is 16.6 Å². The van der Waals surface area contributed by atoms with Crippen molar-refractivity contribution in [3.8, 4) is 5.75 Å². The topological polar surface area (TPSA) is 38.3 Å². The Kier molecular flexibility index (Phi) is 3.49. The summed E-state index contributed by atoms with van der Waals surface area (Å²) >= 11 is 3.43. The van der Waals surface area contributed by atoms with E-state index in [4.69, 9.17) is 4.74 Å². The molecule has 102 valence electrons. The van der Waals surface area contributed by atoms with E-state index in [-0.39, 0.29) is 5.91 Å². The van der Waals surface area contributed by atoms with Crippen LogP contribution in [0.2, 0.25) is 0 Å². The summed E-state index contributed by atoms with van der Waals surface area (Å²) in [6, 6.07) is 13.6. The van der Waals surface area contributed by atoms with Crippen molar-refractivity contribution in [1.29, 1.82) is 0 Å². The third-order valence-electron chi connectivity index (χ3n) is 3.25. The van der Waals surface area contributed by atoms with Crippen molar-refractivity contribution in [2.45, 2.75) is 19.4 Å². The molecular weight excluding hydrogens is 318 g/mol. The van der Waals surface area contributed by atoms with E-state index in [1.807, 2.05) is 49.4 Å². The maximum atomic E-state index is 12.3. The van der Waals surface area contributed by atoms with Gasteiger partial charge in [0.05, 0.1) is 0 Å². The molecule has 20 heavy (non-hydrogen) atoms. The van der Waals surface area contributed by atoms with Gasteiger partial charge < -0.3 is 10.1 Å². The molecular formula is C16H14BrNO2. The zero-order valence-electron chi connectivity index (χ0n) is 11.0. The van der Waals surface area contributed by atoms with Gasteiger partial charge in [-0.2, -0.15) is 0 Å². The highest BCUT2D eigenvalue weighted by molar-refractivity contribution is 9.10. The number of para-hydroxylation sites is 1. The van der Waals surface area contributed by atoms with Gasteiger partial charge in [-0.3, -0.25) is 4.79 Å². The van der Waals surface area contributed by atoms with Crippen molar-refractivity contribution >= 4 is 27.5 Å². The van der Waals surface area contributed by atoms with Gasteiger partial charge >= 0.3 is 0 Å². The summed E-state index contributed by atoms with van der Waals surface area (Å²) in [5.41, 5.74) is 2.95. The predicted octanol–water partition coefficient (Wildman–Crippen LogP) is 3.70. The number of hydrogen-bond acceptors (Lipinski definition) is 2. The molecule has 0 bridgehead atoms. The van der Waals surface area contributed by atoms with E-state index in [1.54, 1.807) is 0 Å². The fraction of sp³-hybridized carbons (Fsp3) is 0.188. The number of halogens is 1. The van der Waals surface area contributed by atoms with Crippen LogP contribution in [-0.4, -0.2) is 12.0 Å². The zero-order valence-corrected chi connectivity index (χ0v) is 12.6. The predicted molar refractivity (Wildman–Crippen MR) is 82.1 cm³/mol. The smallest absolute Gasteiger partial charge is 0.265 e. The first-order valence-electron chi connectivity index (χ1n) is 6.44. The Morgan fingerprint density at radius 3 is 2.85 bits per heavy atom. The summed E-state index contributed by atoms with van der Waals surface area (Å²) in [6.45, 7) is 1.99. The molecule has 0 aromatic heterocycles. The molecule has 2 aromatic carbocycles. The molecule has 1 unspecified atom stereocenters. The second-order valence-corrected chi connectivity index (χ2v) is 5.84. The maximum absolute atomic E-state index is 12.3.